The molecule has 6 nitrogen and oxygen atoms in total. The third kappa shape index (κ3) is 5.02. The van der Waals surface area contributed by atoms with Crippen LogP contribution in [0.25, 0.3) is 10.1 Å². The van der Waals surface area contributed by atoms with Crippen LogP contribution in [0.15, 0.2) is 48.5 Å². The van der Waals surface area contributed by atoms with Crippen molar-refractivity contribution in [3.05, 3.63) is 64.8 Å². The Labute approximate surface area is 195 Å². The van der Waals surface area contributed by atoms with Gasteiger partial charge in [-0.15, -0.1) is 11.3 Å². The Hall–Kier alpha value is -2.97. The summed E-state index contributed by atoms with van der Waals surface area (Å²) in [6.45, 7) is 2.82. The molecule has 1 aliphatic heterocycles. The number of carbonyl (C=O) groups is 2. The molecule has 0 atom stereocenters. The van der Waals surface area contributed by atoms with Crippen LogP contribution in [0.2, 0.25) is 0 Å². The molecule has 1 aliphatic carbocycles. The van der Waals surface area contributed by atoms with Crippen molar-refractivity contribution in [3.8, 4) is 5.75 Å². The van der Waals surface area contributed by atoms with E-state index in [-0.39, 0.29) is 24.2 Å². The molecular formula is C25H26FN3O3S. The summed E-state index contributed by atoms with van der Waals surface area (Å²) in [5.74, 6) is 0.271. The highest BCUT2D eigenvalue weighted by Crippen LogP contribution is 2.35. The molecule has 8 heteroatoms. The molecule has 2 amide bonds. The molecule has 0 radical (unpaired) electrons. The first-order valence-corrected chi connectivity index (χ1v) is 12.1. The van der Waals surface area contributed by atoms with E-state index in [0.717, 1.165) is 17.5 Å². The molecule has 1 saturated carbocycles. The monoisotopic (exact) mass is 467 g/mol. The highest BCUT2D eigenvalue weighted by Gasteiger charge is 2.29. The minimum absolute atomic E-state index is 0.0533. The fraction of sp³-hybridized carbons (Fsp3) is 0.360. The molecule has 33 heavy (non-hydrogen) atoms. The van der Waals surface area contributed by atoms with E-state index < -0.39 is 0 Å². The second-order valence-corrected chi connectivity index (χ2v) is 9.59. The van der Waals surface area contributed by atoms with Gasteiger partial charge in [0.25, 0.3) is 5.91 Å². The number of halogens is 1. The maximum atomic E-state index is 14.7. The van der Waals surface area contributed by atoms with Gasteiger partial charge in [0.1, 0.15) is 18.2 Å². The van der Waals surface area contributed by atoms with Crippen LogP contribution in [-0.2, 0) is 11.4 Å². The Bertz CT molecular complexity index is 1150. The Morgan fingerprint density at radius 2 is 1.79 bits per heavy atom. The lowest BCUT2D eigenvalue weighted by atomic mass is 10.1. The number of amides is 2. The fourth-order valence-corrected chi connectivity index (χ4v) is 5.30. The molecule has 2 fully saturated rings. The Kier molecular flexibility index (Phi) is 6.28. The summed E-state index contributed by atoms with van der Waals surface area (Å²) in [6, 6.07) is 14.6. The summed E-state index contributed by atoms with van der Waals surface area (Å²) in [4.78, 5) is 29.9. The number of fused-ring (bicyclic) bond motifs is 1. The number of para-hydroxylation sites is 1. The van der Waals surface area contributed by atoms with Gasteiger partial charge < -0.3 is 15.0 Å². The summed E-state index contributed by atoms with van der Waals surface area (Å²) in [5, 5.41) is 3.46. The van der Waals surface area contributed by atoms with Crippen LogP contribution in [-0.4, -0.2) is 60.4 Å². The molecule has 1 N–H and O–H groups in total. The van der Waals surface area contributed by atoms with E-state index in [4.69, 9.17) is 4.74 Å². The van der Waals surface area contributed by atoms with Crippen molar-refractivity contribution in [2.45, 2.75) is 25.5 Å². The van der Waals surface area contributed by atoms with Crippen molar-refractivity contribution in [1.29, 1.82) is 0 Å². The Balaban J connectivity index is 1.30. The van der Waals surface area contributed by atoms with Gasteiger partial charge in [0.05, 0.1) is 11.4 Å². The predicted octanol–water partition coefficient (Wildman–Crippen LogP) is 3.66. The average molecular weight is 468 g/mol. The predicted molar refractivity (Wildman–Crippen MR) is 126 cm³/mol. The SMILES string of the molecule is O=C(CN1CCN(C(=O)c2sc3cccc(F)c3c2COc2ccccc2)CC1)NC1CC1. The number of hydrogen-bond donors (Lipinski definition) is 1. The van der Waals surface area contributed by atoms with Crippen molar-refractivity contribution < 1.29 is 18.7 Å². The first-order chi connectivity index (χ1) is 16.1. The topological polar surface area (TPSA) is 61.9 Å². The lowest BCUT2D eigenvalue weighted by Gasteiger charge is -2.34. The number of hydrogen-bond acceptors (Lipinski definition) is 5. The number of ether oxygens (including phenoxy) is 1. The molecule has 2 aliphatic rings. The summed E-state index contributed by atoms with van der Waals surface area (Å²) >= 11 is 1.31. The number of carbonyl (C=O) groups excluding carboxylic acids is 2. The smallest absolute Gasteiger partial charge is 0.264 e. The highest BCUT2D eigenvalue weighted by atomic mass is 32.1. The van der Waals surface area contributed by atoms with Crippen molar-refractivity contribution >= 4 is 33.2 Å². The second kappa shape index (κ2) is 9.49. The zero-order valence-corrected chi connectivity index (χ0v) is 19.1. The minimum Gasteiger partial charge on any atom is -0.489 e. The van der Waals surface area contributed by atoms with Gasteiger partial charge in [-0.25, -0.2) is 4.39 Å². The Morgan fingerprint density at radius 3 is 2.52 bits per heavy atom. The minimum atomic E-state index is -0.346. The molecule has 1 aromatic heterocycles. The quantitative estimate of drug-likeness (QED) is 0.576. The Morgan fingerprint density at radius 1 is 1.03 bits per heavy atom. The number of nitrogens with one attached hydrogen (secondary N) is 1. The van der Waals surface area contributed by atoms with E-state index in [1.165, 1.54) is 17.4 Å². The lowest BCUT2D eigenvalue weighted by molar-refractivity contribution is -0.122. The summed E-state index contributed by atoms with van der Waals surface area (Å²) in [5.41, 5.74) is 0.591. The molecule has 172 valence electrons. The zero-order chi connectivity index (χ0) is 22.8. The molecule has 2 heterocycles. The summed E-state index contributed by atoms with van der Waals surface area (Å²) < 4.78 is 21.4. The van der Waals surface area contributed by atoms with Crippen LogP contribution in [0.5, 0.6) is 5.75 Å². The van der Waals surface area contributed by atoms with Gasteiger partial charge in [-0.05, 0) is 37.1 Å². The van der Waals surface area contributed by atoms with Crippen LogP contribution in [0, 0.1) is 5.82 Å². The van der Waals surface area contributed by atoms with E-state index in [2.05, 4.69) is 10.2 Å². The maximum absolute atomic E-state index is 14.7. The van der Waals surface area contributed by atoms with Crippen molar-refractivity contribution in [1.82, 2.24) is 15.1 Å². The molecule has 0 unspecified atom stereocenters. The lowest BCUT2D eigenvalue weighted by Crippen LogP contribution is -2.51. The number of thiophene rings is 1. The summed E-state index contributed by atoms with van der Waals surface area (Å²) in [7, 11) is 0. The van der Waals surface area contributed by atoms with E-state index in [9.17, 15) is 14.0 Å². The standard InChI is InChI=1S/C25H26FN3O3S/c26-20-7-4-8-21-23(20)19(16-32-18-5-2-1-3-6-18)24(33-21)25(31)29-13-11-28(12-14-29)15-22(30)27-17-9-10-17/h1-8,17H,9-16H2,(H,27,30). The van der Waals surface area contributed by atoms with Gasteiger partial charge in [0.2, 0.25) is 5.91 Å². The fourth-order valence-electron chi connectivity index (χ4n) is 4.11. The highest BCUT2D eigenvalue weighted by molar-refractivity contribution is 7.21. The normalized spacial score (nSPS) is 16.7. The molecule has 2 aromatic carbocycles. The average Bonchev–Trinajstić information content (AvgIpc) is 3.55. The largest absolute Gasteiger partial charge is 0.489 e. The van der Waals surface area contributed by atoms with E-state index in [1.807, 2.05) is 36.4 Å². The zero-order valence-electron chi connectivity index (χ0n) is 18.3. The van der Waals surface area contributed by atoms with E-state index in [1.54, 1.807) is 11.0 Å². The molecule has 0 spiro atoms. The first-order valence-electron chi connectivity index (χ1n) is 11.3. The number of nitrogens with zero attached hydrogens (tertiary/aromatic N) is 2. The molecule has 0 bridgehead atoms. The third-order valence-corrected chi connectivity index (χ3v) is 7.24. The maximum Gasteiger partial charge on any atom is 0.264 e. The van der Waals surface area contributed by atoms with Crippen LogP contribution < -0.4 is 10.1 Å². The van der Waals surface area contributed by atoms with Gasteiger partial charge in [-0.2, -0.15) is 0 Å². The second-order valence-electron chi connectivity index (χ2n) is 8.53. The van der Waals surface area contributed by atoms with Gasteiger partial charge in [0.15, 0.2) is 0 Å². The van der Waals surface area contributed by atoms with Crippen LogP contribution in [0.4, 0.5) is 4.39 Å². The summed E-state index contributed by atoms with van der Waals surface area (Å²) in [6.07, 6.45) is 2.14. The van der Waals surface area contributed by atoms with Gasteiger partial charge in [-0.1, -0.05) is 24.3 Å². The van der Waals surface area contributed by atoms with E-state index in [0.29, 0.717) is 60.3 Å². The van der Waals surface area contributed by atoms with Gasteiger partial charge >= 0.3 is 0 Å². The van der Waals surface area contributed by atoms with Crippen LogP contribution >= 0.6 is 11.3 Å². The number of benzene rings is 2. The number of piperazine rings is 1. The van der Waals surface area contributed by atoms with E-state index >= 15 is 0 Å². The van der Waals surface area contributed by atoms with Crippen molar-refractivity contribution in [2.75, 3.05) is 32.7 Å². The van der Waals surface area contributed by atoms with Crippen molar-refractivity contribution in [2.24, 2.45) is 0 Å². The van der Waals surface area contributed by atoms with Crippen LogP contribution in [0.1, 0.15) is 28.1 Å². The molecule has 3 aromatic rings. The first kappa shape index (κ1) is 21.9. The molecular weight excluding hydrogens is 441 g/mol. The van der Waals surface area contributed by atoms with Gasteiger partial charge in [-0.3, -0.25) is 14.5 Å². The van der Waals surface area contributed by atoms with Gasteiger partial charge in [0, 0.05) is 47.9 Å². The third-order valence-electron chi connectivity index (χ3n) is 6.05. The number of rotatable bonds is 7. The van der Waals surface area contributed by atoms with Crippen molar-refractivity contribution in [3.63, 3.8) is 0 Å². The molecule has 5 rings (SSSR count). The molecule has 1 saturated heterocycles. The van der Waals surface area contributed by atoms with Crippen LogP contribution in [0.3, 0.4) is 0 Å².